The van der Waals surface area contributed by atoms with E-state index in [1.54, 1.807) is 32.2 Å². The number of allylic oxidation sites excluding steroid dienone is 1. The molecule has 0 saturated carbocycles. The Bertz CT molecular complexity index is 1030. The van der Waals surface area contributed by atoms with Crippen molar-refractivity contribution in [3.63, 3.8) is 0 Å². The highest BCUT2D eigenvalue weighted by atomic mass is 16.6. The number of carbonyl (C=O) groups excluding carboxylic acids is 2. The van der Waals surface area contributed by atoms with Crippen molar-refractivity contribution in [2.75, 3.05) is 20.3 Å². The van der Waals surface area contributed by atoms with Crippen molar-refractivity contribution in [3.05, 3.63) is 70.9 Å². The van der Waals surface area contributed by atoms with Gasteiger partial charge in [-0.2, -0.15) is 0 Å². The number of nitrogens with one attached hydrogen (secondary N) is 2. The van der Waals surface area contributed by atoms with Gasteiger partial charge in [-0.25, -0.2) is 9.59 Å². The molecule has 2 atom stereocenters. The van der Waals surface area contributed by atoms with E-state index in [1.807, 2.05) is 30.3 Å². The summed E-state index contributed by atoms with van der Waals surface area (Å²) in [5.74, 6) is 0.567. The molecular formula is C25H28N2O6. The maximum absolute atomic E-state index is 13.0. The van der Waals surface area contributed by atoms with E-state index < -0.39 is 18.0 Å². The molecule has 174 valence electrons. The number of carbonyl (C=O) groups is 2. The van der Waals surface area contributed by atoms with Gasteiger partial charge in [-0.15, -0.1) is 0 Å². The van der Waals surface area contributed by atoms with Gasteiger partial charge in [0.1, 0.15) is 13.2 Å². The highest BCUT2D eigenvalue weighted by Crippen LogP contribution is 2.35. The average Bonchev–Trinajstić information content (AvgIpc) is 3.35. The second kappa shape index (κ2) is 10.4. The van der Waals surface area contributed by atoms with Gasteiger partial charge in [-0.05, 0) is 43.0 Å². The van der Waals surface area contributed by atoms with Gasteiger partial charge in [0.2, 0.25) is 0 Å². The zero-order valence-corrected chi connectivity index (χ0v) is 18.8. The highest BCUT2D eigenvalue weighted by Gasteiger charge is 2.33. The molecule has 8 heteroatoms. The van der Waals surface area contributed by atoms with Crippen LogP contribution in [0.4, 0.5) is 4.79 Å². The monoisotopic (exact) mass is 452 g/mol. The Kier molecular flexibility index (Phi) is 7.14. The van der Waals surface area contributed by atoms with Gasteiger partial charge in [0, 0.05) is 12.3 Å². The number of ether oxygens (including phenoxy) is 4. The molecule has 0 bridgehead atoms. The zero-order chi connectivity index (χ0) is 23.2. The summed E-state index contributed by atoms with van der Waals surface area (Å²) in [6.45, 7) is 2.90. The van der Waals surface area contributed by atoms with Gasteiger partial charge in [-0.3, -0.25) is 0 Å². The zero-order valence-electron chi connectivity index (χ0n) is 18.8. The number of esters is 1. The van der Waals surface area contributed by atoms with E-state index in [4.69, 9.17) is 18.9 Å². The van der Waals surface area contributed by atoms with Gasteiger partial charge in [0.25, 0.3) is 0 Å². The van der Waals surface area contributed by atoms with E-state index in [-0.39, 0.29) is 12.7 Å². The van der Waals surface area contributed by atoms with E-state index in [0.29, 0.717) is 41.5 Å². The van der Waals surface area contributed by atoms with Crippen LogP contribution in [0.1, 0.15) is 36.9 Å². The predicted molar refractivity (Wildman–Crippen MR) is 121 cm³/mol. The molecule has 0 aromatic heterocycles. The van der Waals surface area contributed by atoms with Crippen LogP contribution in [0.25, 0.3) is 0 Å². The van der Waals surface area contributed by atoms with Crippen molar-refractivity contribution >= 4 is 12.0 Å². The smallest absolute Gasteiger partial charge is 0.338 e. The summed E-state index contributed by atoms with van der Waals surface area (Å²) < 4.78 is 22.5. The lowest BCUT2D eigenvalue weighted by Gasteiger charge is -2.28. The number of benzene rings is 2. The molecule has 2 aliphatic rings. The van der Waals surface area contributed by atoms with Crippen LogP contribution in [-0.2, 0) is 20.9 Å². The third kappa shape index (κ3) is 5.46. The summed E-state index contributed by atoms with van der Waals surface area (Å²) in [4.78, 5) is 25.2. The molecule has 8 nitrogen and oxygen atoms in total. The van der Waals surface area contributed by atoms with Crippen LogP contribution in [-0.4, -0.2) is 38.4 Å². The SMILES string of the molecule is COc1ccc([C@H]2NC(=O)NC(C)=C2C(=O)OC[C@H]2CCCO2)cc1OCc1ccccc1. The molecule has 0 spiro atoms. The minimum Gasteiger partial charge on any atom is -0.493 e. The third-order valence-corrected chi connectivity index (χ3v) is 5.67. The summed E-state index contributed by atoms with van der Waals surface area (Å²) in [6, 6.07) is 14.0. The lowest BCUT2D eigenvalue weighted by molar-refractivity contribution is -0.142. The molecule has 0 aliphatic carbocycles. The number of hydrogen-bond donors (Lipinski definition) is 2. The lowest BCUT2D eigenvalue weighted by Crippen LogP contribution is -2.45. The Balaban J connectivity index is 1.57. The van der Waals surface area contributed by atoms with Crippen molar-refractivity contribution < 1.29 is 28.5 Å². The number of hydrogen-bond acceptors (Lipinski definition) is 6. The molecule has 2 aromatic rings. The van der Waals surface area contributed by atoms with E-state index in [9.17, 15) is 9.59 Å². The second-order valence-electron chi connectivity index (χ2n) is 7.99. The van der Waals surface area contributed by atoms with Crippen molar-refractivity contribution in [2.45, 2.75) is 38.5 Å². The van der Waals surface area contributed by atoms with Crippen LogP contribution >= 0.6 is 0 Å². The molecular weight excluding hydrogens is 424 g/mol. The van der Waals surface area contributed by atoms with Crippen LogP contribution in [0, 0.1) is 0 Å². The van der Waals surface area contributed by atoms with Crippen LogP contribution in [0.15, 0.2) is 59.8 Å². The number of rotatable bonds is 8. The molecule has 2 heterocycles. The summed E-state index contributed by atoms with van der Waals surface area (Å²) in [6.07, 6.45) is 1.74. The predicted octanol–water partition coefficient (Wildman–Crippen LogP) is 3.62. The average molecular weight is 453 g/mol. The summed E-state index contributed by atoms with van der Waals surface area (Å²) in [5.41, 5.74) is 2.47. The summed E-state index contributed by atoms with van der Waals surface area (Å²) >= 11 is 0. The van der Waals surface area contributed by atoms with Crippen LogP contribution in [0.2, 0.25) is 0 Å². The molecule has 0 unspecified atom stereocenters. The van der Waals surface area contributed by atoms with Crippen molar-refractivity contribution in [3.8, 4) is 11.5 Å². The van der Waals surface area contributed by atoms with Crippen molar-refractivity contribution in [2.24, 2.45) is 0 Å². The standard InChI is InChI=1S/C25H28N2O6/c1-16-22(24(28)33-15-19-9-6-12-31-19)23(27-25(29)26-16)18-10-11-20(30-2)21(13-18)32-14-17-7-4-3-5-8-17/h3-5,7-8,10-11,13,19,23H,6,9,12,14-15H2,1-2H3,(H2,26,27,29)/t19-,23-/m1/s1. The van der Waals surface area contributed by atoms with E-state index >= 15 is 0 Å². The van der Waals surface area contributed by atoms with Crippen molar-refractivity contribution in [1.82, 2.24) is 10.6 Å². The fraction of sp³-hybridized carbons (Fsp3) is 0.360. The molecule has 2 amide bonds. The minimum absolute atomic E-state index is 0.0848. The van der Waals surface area contributed by atoms with Crippen molar-refractivity contribution in [1.29, 1.82) is 0 Å². The number of urea groups is 1. The van der Waals surface area contributed by atoms with E-state index in [0.717, 1.165) is 18.4 Å². The fourth-order valence-electron chi connectivity index (χ4n) is 3.96. The molecule has 0 radical (unpaired) electrons. The Morgan fingerprint density at radius 1 is 1.15 bits per heavy atom. The van der Waals surface area contributed by atoms with E-state index in [1.165, 1.54) is 0 Å². The Hall–Kier alpha value is -3.52. The van der Waals surface area contributed by atoms with E-state index in [2.05, 4.69) is 10.6 Å². The maximum atomic E-state index is 13.0. The maximum Gasteiger partial charge on any atom is 0.338 e. The molecule has 2 N–H and O–H groups in total. The molecule has 1 fully saturated rings. The molecule has 2 aliphatic heterocycles. The second-order valence-corrected chi connectivity index (χ2v) is 7.99. The van der Waals surface area contributed by atoms with Gasteiger partial charge < -0.3 is 29.6 Å². The van der Waals surface area contributed by atoms with Crippen LogP contribution in [0.3, 0.4) is 0 Å². The Morgan fingerprint density at radius 3 is 2.70 bits per heavy atom. The van der Waals surface area contributed by atoms with Crippen LogP contribution < -0.4 is 20.1 Å². The fourth-order valence-corrected chi connectivity index (χ4v) is 3.96. The van der Waals surface area contributed by atoms with Gasteiger partial charge in [-0.1, -0.05) is 36.4 Å². The lowest BCUT2D eigenvalue weighted by atomic mass is 9.95. The minimum atomic E-state index is -0.694. The summed E-state index contributed by atoms with van der Waals surface area (Å²) in [5, 5.41) is 5.49. The third-order valence-electron chi connectivity index (χ3n) is 5.67. The van der Waals surface area contributed by atoms with Gasteiger partial charge in [0.05, 0.1) is 24.8 Å². The van der Waals surface area contributed by atoms with Gasteiger partial charge >= 0.3 is 12.0 Å². The Labute approximate surface area is 192 Å². The Morgan fingerprint density at radius 2 is 1.97 bits per heavy atom. The molecule has 2 aromatic carbocycles. The number of amides is 2. The highest BCUT2D eigenvalue weighted by molar-refractivity contribution is 5.95. The molecule has 33 heavy (non-hydrogen) atoms. The first-order valence-electron chi connectivity index (χ1n) is 11.0. The first-order chi connectivity index (χ1) is 16.0. The van der Waals surface area contributed by atoms with Crippen LogP contribution in [0.5, 0.6) is 11.5 Å². The first-order valence-corrected chi connectivity index (χ1v) is 11.0. The molecule has 1 saturated heterocycles. The molecule has 4 rings (SSSR count). The quantitative estimate of drug-likeness (QED) is 0.594. The summed E-state index contributed by atoms with van der Waals surface area (Å²) in [7, 11) is 1.56. The topological polar surface area (TPSA) is 95.1 Å². The first kappa shape index (κ1) is 22.7. The largest absolute Gasteiger partial charge is 0.493 e. The normalized spacial score (nSPS) is 20.1. The van der Waals surface area contributed by atoms with Gasteiger partial charge in [0.15, 0.2) is 11.5 Å². The number of methoxy groups -OCH3 is 1.